The minimum absolute atomic E-state index is 0.347. The number of thioether (sulfide) groups is 1. The van der Waals surface area contributed by atoms with Gasteiger partial charge in [0, 0.05) is 5.56 Å². The summed E-state index contributed by atoms with van der Waals surface area (Å²) in [6.07, 6.45) is 0.347. The SMILES string of the molecule is CCSCC[C@@H](C(=O)O)N(OC)C(=O)c1ccccc1. The maximum atomic E-state index is 12.3. The van der Waals surface area contributed by atoms with Gasteiger partial charge in [0.1, 0.15) is 0 Å². The molecule has 0 fully saturated rings. The molecule has 20 heavy (non-hydrogen) atoms. The van der Waals surface area contributed by atoms with E-state index < -0.39 is 17.9 Å². The predicted molar refractivity (Wildman–Crippen MR) is 78.7 cm³/mol. The van der Waals surface area contributed by atoms with Crippen LogP contribution < -0.4 is 0 Å². The van der Waals surface area contributed by atoms with Crippen molar-refractivity contribution < 1.29 is 19.5 Å². The second-order valence-electron chi connectivity index (χ2n) is 4.02. The van der Waals surface area contributed by atoms with Gasteiger partial charge in [-0.1, -0.05) is 25.1 Å². The van der Waals surface area contributed by atoms with E-state index in [0.29, 0.717) is 17.7 Å². The van der Waals surface area contributed by atoms with Gasteiger partial charge in [-0.25, -0.2) is 9.86 Å². The third-order valence-corrected chi connectivity index (χ3v) is 3.66. The Bertz CT molecular complexity index is 438. The van der Waals surface area contributed by atoms with Gasteiger partial charge in [-0.15, -0.1) is 0 Å². The van der Waals surface area contributed by atoms with Crippen molar-refractivity contribution in [1.29, 1.82) is 0 Å². The number of rotatable bonds is 8. The number of nitrogens with zero attached hydrogens (tertiary/aromatic N) is 1. The Morgan fingerprint density at radius 2 is 2.00 bits per heavy atom. The molecule has 0 heterocycles. The van der Waals surface area contributed by atoms with E-state index in [-0.39, 0.29) is 0 Å². The Morgan fingerprint density at radius 3 is 2.50 bits per heavy atom. The second kappa shape index (κ2) is 8.60. The van der Waals surface area contributed by atoms with Crippen LogP contribution in [0, 0.1) is 0 Å². The molecule has 0 unspecified atom stereocenters. The normalized spacial score (nSPS) is 11.9. The van der Waals surface area contributed by atoms with Gasteiger partial charge in [-0.05, 0) is 30.1 Å². The Hall–Kier alpha value is -1.53. The summed E-state index contributed by atoms with van der Waals surface area (Å²) in [7, 11) is 1.31. The van der Waals surface area contributed by atoms with Crippen LogP contribution in [-0.4, -0.2) is 46.7 Å². The number of aliphatic carboxylic acids is 1. The first-order valence-electron chi connectivity index (χ1n) is 6.35. The van der Waals surface area contributed by atoms with Crippen LogP contribution in [0.15, 0.2) is 30.3 Å². The number of carbonyl (C=O) groups excluding carboxylic acids is 1. The van der Waals surface area contributed by atoms with Crippen LogP contribution in [0.4, 0.5) is 0 Å². The van der Waals surface area contributed by atoms with E-state index >= 15 is 0 Å². The lowest BCUT2D eigenvalue weighted by Gasteiger charge is -2.26. The minimum Gasteiger partial charge on any atom is -0.480 e. The number of hydrogen-bond donors (Lipinski definition) is 1. The number of carbonyl (C=O) groups is 2. The highest BCUT2D eigenvalue weighted by Gasteiger charge is 2.30. The molecule has 1 aromatic rings. The lowest BCUT2D eigenvalue weighted by atomic mass is 10.1. The molecule has 0 aliphatic heterocycles. The van der Waals surface area contributed by atoms with Crippen molar-refractivity contribution in [3.63, 3.8) is 0 Å². The van der Waals surface area contributed by atoms with Gasteiger partial charge in [0.25, 0.3) is 5.91 Å². The lowest BCUT2D eigenvalue weighted by molar-refractivity contribution is -0.166. The molecule has 110 valence electrons. The smallest absolute Gasteiger partial charge is 0.329 e. The van der Waals surface area contributed by atoms with Crippen LogP contribution in [0.25, 0.3) is 0 Å². The number of carboxylic acids is 1. The van der Waals surface area contributed by atoms with Gasteiger partial charge in [0.2, 0.25) is 0 Å². The molecule has 1 amide bonds. The zero-order valence-corrected chi connectivity index (χ0v) is 12.4. The molecule has 1 rings (SSSR count). The monoisotopic (exact) mass is 297 g/mol. The van der Waals surface area contributed by atoms with E-state index in [1.165, 1.54) is 7.11 Å². The Balaban J connectivity index is 2.84. The minimum atomic E-state index is -1.06. The number of carboxylic acid groups (broad SMARTS) is 1. The van der Waals surface area contributed by atoms with Crippen LogP contribution in [-0.2, 0) is 9.63 Å². The van der Waals surface area contributed by atoms with Gasteiger partial charge in [0.15, 0.2) is 6.04 Å². The number of benzene rings is 1. The maximum absolute atomic E-state index is 12.3. The third-order valence-electron chi connectivity index (χ3n) is 2.73. The quantitative estimate of drug-likeness (QED) is 0.589. The maximum Gasteiger partial charge on any atom is 0.329 e. The number of hydroxylamine groups is 2. The van der Waals surface area contributed by atoms with Gasteiger partial charge in [-0.2, -0.15) is 11.8 Å². The fraction of sp³-hybridized carbons (Fsp3) is 0.429. The molecule has 0 saturated carbocycles. The zero-order chi connectivity index (χ0) is 15.0. The van der Waals surface area contributed by atoms with Crippen molar-refractivity contribution in [2.75, 3.05) is 18.6 Å². The Labute approximate surface area is 122 Å². The van der Waals surface area contributed by atoms with E-state index in [9.17, 15) is 14.7 Å². The first-order chi connectivity index (χ1) is 9.61. The highest BCUT2D eigenvalue weighted by molar-refractivity contribution is 7.99. The molecule has 0 aromatic heterocycles. The first kappa shape index (κ1) is 16.5. The molecular weight excluding hydrogens is 278 g/mol. The lowest BCUT2D eigenvalue weighted by Crippen LogP contribution is -2.44. The molecule has 0 aliphatic carbocycles. The van der Waals surface area contributed by atoms with Crippen molar-refractivity contribution in [1.82, 2.24) is 5.06 Å². The molecule has 1 N–H and O–H groups in total. The summed E-state index contributed by atoms with van der Waals surface area (Å²) < 4.78 is 0. The van der Waals surface area contributed by atoms with Crippen LogP contribution >= 0.6 is 11.8 Å². The summed E-state index contributed by atoms with van der Waals surface area (Å²) >= 11 is 1.63. The molecule has 5 nitrogen and oxygen atoms in total. The fourth-order valence-electron chi connectivity index (χ4n) is 1.74. The molecule has 0 bridgehead atoms. The molecular formula is C14H19NO4S. The van der Waals surface area contributed by atoms with Crippen molar-refractivity contribution in [2.24, 2.45) is 0 Å². The van der Waals surface area contributed by atoms with E-state index in [2.05, 4.69) is 0 Å². The largest absolute Gasteiger partial charge is 0.480 e. The molecule has 0 aliphatic rings. The average Bonchev–Trinajstić information content (AvgIpc) is 2.47. The third kappa shape index (κ3) is 4.54. The van der Waals surface area contributed by atoms with Crippen molar-refractivity contribution in [3.8, 4) is 0 Å². The Kier molecular flexibility index (Phi) is 7.11. The molecule has 0 spiro atoms. The first-order valence-corrected chi connectivity index (χ1v) is 7.50. The summed E-state index contributed by atoms with van der Waals surface area (Å²) in [5, 5.41) is 10.2. The van der Waals surface area contributed by atoms with Crippen molar-refractivity contribution in [3.05, 3.63) is 35.9 Å². The average molecular weight is 297 g/mol. The highest BCUT2D eigenvalue weighted by atomic mass is 32.2. The van der Waals surface area contributed by atoms with Crippen molar-refractivity contribution >= 4 is 23.6 Å². The predicted octanol–water partition coefficient (Wildman–Crippen LogP) is 2.29. The molecule has 1 aromatic carbocycles. The molecule has 0 saturated heterocycles. The van der Waals surface area contributed by atoms with Crippen LogP contribution in [0.3, 0.4) is 0 Å². The standard InChI is InChI=1S/C14H19NO4S/c1-3-20-10-9-12(14(17)18)15(19-2)13(16)11-7-5-4-6-8-11/h4-8,12H,3,9-10H2,1-2H3,(H,17,18)/t12-/m0/s1. The summed E-state index contributed by atoms with van der Waals surface area (Å²) in [6.45, 7) is 2.00. The van der Waals surface area contributed by atoms with Gasteiger partial charge in [-0.3, -0.25) is 9.63 Å². The number of amides is 1. The summed E-state index contributed by atoms with van der Waals surface area (Å²) in [4.78, 5) is 28.6. The summed E-state index contributed by atoms with van der Waals surface area (Å²) in [5.41, 5.74) is 0.406. The van der Waals surface area contributed by atoms with Gasteiger partial charge < -0.3 is 5.11 Å². The molecule has 0 radical (unpaired) electrons. The van der Waals surface area contributed by atoms with Crippen LogP contribution in [0.5, 0.6) is 0 Å². The highest BCUT2D eigenvalue weighted by Crippen LogP contribution is 2.14. The van der Waals surface area contributed by atoms with E-state index in [1.807, 2.05) is 6.92 Å². The zero-order valence-electron chi connectivity index (χ0n) is 11.6. The van der Waals surface area contributed by atoms with E-state index in [1.54, 1.807) is 42.1 Å². The molecule has 1 atom stereocenters. The van der Waals surface area contributed by atoms with Crippen LogP contribution in [0.1, 0.15) is 23.7 Å². The Morgan fingerprint density at radius 1 is 1.35 bits per heavy atom. The summed E-state index contributed by atoms with van der Waals surface area (Å²) in [6, 6.07) is 7.53. The van der Waals surface area contributed by atoms with Crippen molar-refractivity contribution in [2.45, 2.75) is 19.4 Å². The van der Waals surface area contributed by atoms with Crippen LogP contribution in [0.2, 0.25) is 0 Å². The number of hydrogen-bond acceptors (Lipinski definition) is 4. The summed E-state index contributed by atoms with van der Waals surface area (Å²) in [5.74, 6) is 0.0660. The molecule has 6 heteroatoms. The van der Waals surface area contributed by atoms with Gasteiger partial charge >= 0.3 is 5.97 Å². The second-order valence-corrected chi connectivity index (χ2v) is 5.41. The topological polar surface area (TPSA) is 66.8 Å². The van der Waals surface area contributed by atoms with E-state index in [0.717, 1.165) is 10.8 Å². The van der Waals surface area contributed by atoms with E-state index in [4.69, 9.17) is 4.84 Å². The fourth-order valence-corrected chi connectivity index (χ4v) is 2.42. The van der Waals surface area contributed by atoms with Gasteiger partial charge in [0.05, 0.1) is 7.11 Å².